The molecule has 7 nitrogen and oxygen atoms in total. The fourth-order valence-electron chi connectivity index (χ4n) is 6.54. The van der Waals surface area contributed by atoms with E-state index in [9.17, 15) is 14.4 Å². The van der Waals surface area contributed by atoms with E-state index in [1.54, 1.807) is 6.07 Å². The van der Waals surface area contributed by atoms with E-state index in [2.05, 4.69) is 31.4 Å². The molecule has 0 bridgehead atoms. The van der Waals surface area contributed by atoms with Crippen LogP contribution in [0, 0.1) is 22.7 Å². The summed E-state index contributed by atoms with van der Waals surface area (Å²) in [4.78, 5) is 44.0. The smallest absolute Gasteiger partial charge is 0.328 e. The minimum absolute atomic E-state index is 0.0501. The van der Waals surface area contributed by atoms with Crippen molar-refractivity contribution in [1.29, 1.82) is 0 Å². The van der Waals surface area contributed by atoms with E-state index in [1.165, 1.54) is 20.0 Å². The van der Waals surface area contributed by atoms with E-state index in [-0.39, 0.29) is 17.6 Å². The van der Waals surface area contributed by atoms with E-state index < -0.39 is 23.3 Å². The molecule has 1 atom stereocenters. The minimum atomic E-state index is -0.805. The summed E-state index contributed by atoms with van der Waals surface area (Å²) in [6.45, 7) is 12.6. The third-order valence-corrected chi connectivity index (χ3v) is 9.23. The molecule has 0 aliphatic heterocycles. The summed E-state index contributed by atoms with van der Waals surface area (Å²) in [5, 5.41) is 7.92. The van der Waals surface area contributed by atoms with Gasteiger partial charge in [0.1, 0.15) is 11.7 Å². The summed E-state index contributed by atoms with van der Waals surface area (Å²) in [6, 6.07) is 6.85. The van der Waals surface area contributed by atoms with Gasteiger partial charge in [0.2, 0.25) is 0 Å². The topological polar surface area (TPSA) is 97.4 Å². The predicted octanol–water partition coefficient (Wildman–Crippen LogP) is 6.62. The van der Waals surface area contributed by atoms with Crippen LogP contribution in [0.1, 0.15) is 119 Å². The number of rotatable bonds is 7. The van der Waals surface area contributed by atoms with Gasteiger partial charge in [-0.3, -0.25) is 9.59 Å². The Morgan fingerprint density at radius 2 is 1.59 bits per heavy atom. The molecule has 41 heavy (non-hydrogen) atoms. The Morgan fingerprint density at radius 1 is 0.927 bits per heavy atom. The summed E-state index contributed by atoms with van der Waals surface area (Å²) in [5.41, 5.74) is 1.52. The summed E-state index contributed by atoms with van der Waals surface area (Å²) in [5.74, 6) is 0.263. The van der Waals surface area contributed by atoms with Gasteiger partial charge in [0.25, 0.3) is 11.8 Å². The molecule has 1 aromatic heterocycles. The first kappa shape index (κ1) is 31.0. The van der Waals surface area contributed by atoms with Crippen molar-refractivity contribution in [3.8, 4) is 0 Å². The molecule has 0 radical (unpaired) electrons. The van der Waals surface area contributed by atoms with Crippen LogP contribution in [0.4, 0.5) is 0 Å². The Balaban J connectivity index is 1.58. The molecule has 2 amide bonds. The van der Waals surface area contributed by atoms with Gasteiger partial charge in [-0.15, -0.1) is 0 Å². The van der Waals surface area contributed by atoms with Gasteiger partial charge in [0.05, 0.1) is 7.11 Å². The summed E-state index contributed by atoms with van der Waals surface area (Å²) >= 11 is 0. The normalized spacial score (nSPS) is 21.0. The second-order valence-electron chi connectivity index (χ2n) is 14.4. The second kappa shape index (κ2) is 12.5. The number of fused-ring (bicyclic) bond motifs is 1. The predicted molar refractivity (Wildman–Crippen MR) is 163 cm³/mol. The summed E-state index contributed by atoms with van der Waals surface area (Å²) in [7, 11) is 1.33. The first-order valence-electron chi connectivity index (χ1n) is 15.4. The van der Waals surface area contributed by atoms with E-state index in [0.29, 0.717) is 22.8 Å². The molecule has 2 fully saturated rings. The highest BCUT2D eigenvalue weighted by Gasteiger charge is 2.34. The number of pyridine rings is 1. The zero-order chi connectivity index (χ0) is 29.9. The van der Waals surface area contributed by atoms with Gasteiger partial charge in [0, 0.05) is 22.7 Å². The van der Waals surface area contributed by atoms with Crippen LogP contribution >= 0.6 is 0 Å². The molecule has 4 rings (SSSR count). The lowest BCUT2D eigenvalue weighted by atomic mass is 9.71. The number of amides is 2. The van der Waals surface area contributed by atoms with E-state index >= 15 is 0 Å². The molecular weight excluding hydrogens is 514 g/mol. The second-order valence-corrected chi connectivity index (χ2v) is 14.4. The van der Waals surface area contributed by atoms with Crippen LogP contribution in [0.25, 0.3) is 10.8 Å². The third kappa shape index (κ3) is 7.66. The van der Waals surface area contributed by atoms with E-state index in [0.717, 1.165) is 61.4 Å². The molecule has 2 aromatic rings. The quantitative estimate of drug-likeness (QED) is 0.369. The SMILES string of the molecule is COC(=O)C(NC(=O)c1cc2ccc(C(=O)NC3CCC(C(C)(C)C)CC3)cc2c(CC2CCCC2)n1)C(C)(C)C. The first-order chi connectivity index (χ1) is 19.3. The number of benzene rings is 1. The molecule has 7 heteroatoms. The van der Waals surface area contributed by atoms with Crippen LogP contribution in [0.5, 0.6) is 0 Å². The van der Waals surface area contributed by atoms with Crippen molar-refractivity contribution in [3.63, 3.8) is 0 Å². The number of esters is 1. The maximum absolute atomic E-state index is 13.4. The molecule has 1 unspecified atom stereocenters. The van der Waals surface area contributed by atoms with Crippen molar-refractivity contribution in [3.05, 3.63) is 41.2 Å². The Morgan fingerprint density at radius 3 is 2.17 bits per heavy atom. The van der Waals surface area contributed by atoms with Gasteiger partial charge >= 0.3 is 5.97 Å². The molecule has 2 aliphatic carbocycles. The van der Waals surface area contributed by atoms with Gasteiger partial charge in [-0.1, -0.05) is 73.3 Å². The lowest BCUT2D eigenvalue weighted by Gasteiger charge is -2.37. The molecule has 1 heterocycles. The van der Waals surface area contributed by atoms with Crippen LogP contribution in [-0.4, -0.2) is 42.0 Å². The Bertz CT molecular complexity index is 1260. The largest absolute Gasteiger partial charge is 0.467 e. The monoisotopic (exact) mass is 563 g/mol. The molecule has 224 valence electrons. The van der Waals surface area contributed by atoms with Crippen LogP contribution in [0.2, 0.25) is 0 Å². The van der Waals surface area contributed by atoms with E-state index in [4.69, 9.17) is 9.72 Å². The average Bonchev–Trinajstić information content (AvgIpc) is 3.43. The fraction of sp³-hybridized carbons (Fsp3) is 0.647. The number of carbonyl (C=O) groups excluding carboxylic acids is 3. The maximum Gasteiger partial charge on any atom is 0.328 e. The molecule has 2 N–H and O–H groups in total. The number of carbonyl (C=O) groups is 3. The van der Waals surface area contributed by atoms with Crippen molar-refractivity contribution in [2.75, 3.05) is 7.11 Å². The highest BCUT2D eigenvalue weighted by Crippen LogP contribution is 2.38. The first-order valence-corrected chi connectivity index (χ1v) is 15.4. The van der Waals surface area contributed by atoms with Crippen molar-refractivity contribution >= 4 is 28.6 Å². The van der Waals surface area contributed by atoms with Crippen LogP contribution < -0.4 is 10.6 Å². The number of nitrogens with zero attached hydrogens (tertiary/aromatic N) is 1. The lowest BCUT2D eigenvalue weighted by molar-refractivity contribution is -0.145. The molecule has 0 spiro atoms. The van der Waals surface area contributed by atoms with Gasteiger partial charge in [0.15, 0.2) is 0 Å². The number of ether oxygens (including phenoxy) is 1. The van der Waals surface area contributed by atoms with Crippen molar-refractivity contribution in [2.45, 2.75) is 111 Å². The van der Waals surface area contributed by atoms with Gasteiger partial charge in [-0.25, -0.2) is 9.78 Å². The lowest BCUT2D eigenvalue weighted by Crippen LogP contribution is -2.49. The average molecular weight is 564 g/mol. The van der Waals surface area contributed by atoms with Crippen molar-refractivity contribution in [1.82, 2.24) is 15.6 Å². The summed E-state index contributed by atoms with van der Waals surface area (Å²) < 4.78 is 4.96. The zero-order valence-corrected chi connectivity index (χ0v) is 26.1. The van der Waals surface area contributed by atoms with Crippen LogP contribution in [-0.2, 0) is 16.0 Å². The van der Waals surface area contributed by atoms with Crippen molar-refractivity contribution < 1.29 is 19.1 Å². The molecule has 2 aliphatic rings. The highest BCUT2D eigenvalue weighted by molar-refractivity contribution is 6.02. The summed E-state index contributed by atoms with van der Waals surface area (Å²) in [6.07, 6.45) is 9.76. The van der Waals surface area contributed by atoms with Crippen LogP contribution in [0.3, 0.4) is 0 Å². The number of aromatic nitrogens is 1. The highest BCUT2D eigenvalue weighted by atomic mass is 16.5. The number of hydrogen-bond acceptors (Lipinski definition) is 5. The van der Waals surface area contributed by atoms with E-state index in [1.807, 2.05) is 39.0 Å². The van der Waals surface area contributed by atoms with Gasteiger partial charge in [-0.2, -0.15) is 0 Å². The number of methoxy groups -OCH3 is 1. The Labute approximate surface area is 245 Å². The molecule has 2 saturated carbocycles. The maximum atomic E-state index is 13.4. The number of nitrogens with one attached hydrogen (secondary N) is 2. The zero-order valence-electron chi connectivity index (χ0n) is 26.1. The number of hydrogen-bond donors (Lipinski definition) is 2. The standard InChI is InChI=1S/C34H49N3O4/c1-33(2,3)24-14-16-25(17-15-24)35-30(38)23-13-12-22-20-28(31(39)37-29(32(40)41-7)34(4,5)6)36-27(26(22)19-23)18-21-10-8-9-11-21/h12-13,19-21,24-25,29H,8-11,14-18H2,1-7H3,(H,35,38)(H,37,39). The molecule has 0 saturated heterocycles. The van der Waals surface area contributed by atoms with Crippen molar-refractivity contribution in [2.24, 2.45) is 22.7 Å². The Hall–Kier alpha value is -2.96. The Kier molecular flexibility index (Phi) is 9.45. The molecular formula is C34H49N3O4. The van der Waals surface area contributed by atoms with Gasteiger partial charge < -0.3 is 15.4 Å². The molecule has 1 aromatic carbocycles. The van der Waals surface area contributed by atoms with Gasteiger partial charge in [-0.05, 0) is 78.4 Å². The third-order valence-electron chi connectivity index (χ3n) is 9.23. The van der Waals surface area contributed by atoms with Crippen LogP contribution in [0.15, 0.2) is 24.3 Å². The minimum Gasteiger partial charge on any atom is -0.467 e. The fourth-order valence-corrected chi connectivity index (χ4v) is 6.54.